The molecule has 132 valence electrons. The molecule has 0 saturated heterocycles. The number of phenolic OH excluding ortho intramolecular Hbond substituents is 1. The third-order valence-corrected chi connectivity index (χ3v) is 4.23. The van der Waals surface area contributed by atoms with Gasteiger partial charge < -0.3 is 15.5 Å². The molecule has 0 aliphatic rings. The van der Waals surface area contributed by atoms with Crippen molar-refractivity contribution in [1.82, 2.24) is 5.32 Å². The molecule has 3 rings (SSSR count). The molecule has 0 spiro atoms. The number of nitrogens with one attached hydrogen (secondary N) is 1. The van der Waals surface area contributed by atoms with Gasteiger partial charge in [0.25, 0.3) is 5.91 Å². The van der Waals surface area contributed by atoms with Crippen molar-refractivity contribution >= 4 is 5.91 Å². The Kier molecular flexibility index (Phi) is 5.66. The van der Waals surface area contributed by atoms with E-state index in [-0.39, 0.29) is 24.3 Å². The summed E-state index contributed by atoms with van der Waals surface area (Å²) in [7, 11) is 0. The van der Waals surface area contributed by atoms with Crippen LogP contribution in [0.1, 0.15) is 15.9 Å². The topological polar surface area (TPSA) is 69.6 Å². The predicted molar refractivity (Wildman–Crippen MR) is 102 cm³/mol. The van der Waals surface area contributed by atoms with Gasteiger partial charge in [0.05, 0.1) is 12.6 Å². The number of benzene rings is 3. The molecule has 0 aliphatic carbocycles. The lowest BCUT2D eigenvalue weighted by Gasteiger charge is -2.16. The van der Waals surface area contributed by atoms with Crippen molar-refractivity contribution in [3.63, 3.8) is 0 Å². The Balaban J connectivity index is 1.65. The van der Waals surface area contributed by atoms with Crippen molar-refractivity contribution in [3.05, 3.63) is 90.0 Å². The van der Waals surface area contributed by atoms with E-state index in [1.54, 1.807) is 36.4 Å². The first kappa shape index (κ1) is 17.7. The van der Waals surface area contributed by atoms with Gasteiger partial charge >= 0.3 is 0 Å². The molecule has 1 atom stereocenters. The van der Waals surface area contributed by atoms with Crippen LogP contribution in [0.2, 0.25) is 0 Å². The Labute approximate surface area is 152 Å². The fourth-order valence-corrected chi connectivity index (χ4v) is 2.79. The van der Waals surface area contributed by atoms with E-state index in [0.717, 1.165) is 16.7 Å². The summed E-state index contributed by atoms with van der Waals surface area (Å²) in [4.78, 5) is 12.4. The van der Waals surface area contributed by atoms with Crippen LogP contribution in [0.25, 0.3) is 11.1 Å². The molecule has 0 fully saturated rings. The summed E-state index contributed by atoms with van der Waals surface area (Å²) in [5.41, 5.74) is 3.63. The van der Waals surface area contributed by atoms with Gasteiger partial charge in [-0.2, -0.15) is 0 Å². The van der Waals surface area contributed by atoms with Crippen molar-refractivity contribution in [2.24, 2.45) is 0 Å². The first-order chi connectivity index (χ1) is 12.7. The highest BCUT2D eigenvalue weighted by Crippen LogP contribution is 2.19. The molecule has 0 aliphatic heterocycles. The molecule has 0 bridgehead atoms. The van der Waals surface area contributed by atoms with Crippen molar-refractivity contribution in [2.75, 3.05) is 6.61 Å². The molecular weight excluding hydrogens is 326 g/mol. The van der Waals surface area contributed by atoms with Crippen LogP contribution in [0.3, 0.4) is 0 Å². The maximum absolute atomic E-state index is 12.4. The minimum absolute atomic E-state index is 0.158. The first-order valence-corrected chi connectivity index (χ1v) is 8.51. The van der Waals surface area contributed by atoms with E-state index in [1.807, 2.05) is 42.5 Å². The van der Waals surface area contributed by atoms with Gasteiger partial charge in [-0.15, -0.1) is 0 Å². The van der Waals surface area contributed by atoms with Crippen LogP contribution in [-0.2, 0) is 6.42 Å². The van der Waals surface area contributed by atoms with Gasteiger partial charge in [-0.25, -0.2) is 0 Å². The molecule has 3 aromatic carbocycles. The second-order valence-electron chi connectivity index (χ2n) is 6.17. The zero-order valence-corrected chi connectivity index (χ0v) is 14.3. The fourth-order valence-electron chi connectivity index (χ4n) is 2.79. The van der Waals surface area contributed by atoms with E-state index in [1.165, 1.54) is 0 Å². The Morgan fingerprint density at radius 3 is 2.08 bits per heavy atom. The van der Waals surface area contributed by atoms with Crippen LogP contribution in [0.15, 0.2) is 78.9 Å². The molecule has 0 saturated carbocycles. The van der Waals surface area contributed by atoms with E-state index in [4.69, 9.17) is 0 Å². The highest BCUT2D eigenvalue weighted by Gasteiger charge is 2.14. The van der Waals surface area contributed by atoms with Gasteiger partial charge in [-0.1, -0.05) is 54.6 Å². The number of aliphatic hydroxyl groups excluding tert-OH is 1. The molecular formula is C22H21NO3. The summed E-state index contributed by atoms with van der Waals surface area (Å²) < 4.78 is 0. The highest BCUT2D eigenvalue weighted by molar-refractivity contribution is 5.94. The molecule has 0 heterocycles. The largest absolute Gasteiger partial charge is 0.508 e. The normalized spacial score (nSPS) is 11.7. The van der Waals surface area contributed by atoms with E-state index in [2.05, 4.69) is 5.32 Å². The molecule has 0 unspecified atom stereocenters. The third kappa shape index (κ3) is 4.49. The second kappa shape index (κ2) is 8.32. The summed E-state index contributed by atoms with van der Waals surface area (Å²) in [5, 5.41) is 21.7. The molecule has 3 N–H and O–H groups in total. The summed E-state index contributed by atoms with van der Waals surface area (Å²) in [6, 6.07) is 23.7. The lowest BCUT2D eigenvalue weighted by Crippen LogP contribution is -2.39. The first-order valence-electron chi connectivity index (χ1n) is 8.51. The quantitative estimate of drug-likeness (QED) is 0.640. The van der Waals surface area contributed by atoms with Gasteiger partial charge in [0.15, 0.2) is 0 Å². The summed E-state index contributed by atoms with van der Waals surface area (Å²) in [6.45, 7) is -0.158. The van der Waals surface area contributed by atoms with E-state index in [9.17, 15) is 15.0 Å². The summed E-state index contributed by atoms with van der Waals surface area (Å²) in [5.74, 6) is -0.0284. The number of aromatic hydroxyl groups is 1. The Hall–Kier alpha value is -3.11. The zero-order valence-electron chi connectivity index (χ0n) is 14.3. The van der Waals surface area contributed by atoms with Crippen LogP contribution in [-0.4, -0.2) is 28.8 Å². The van der Waals surface area contributed by atoms with Crippen LogP contribution in [0.5, 0.6) is 5.75 Å². The van der Waals surface area contributed by atoms with E-state index < -0.39 is 0 Å². The SMILES string of the molecule is O=C(N[C@H](CO)Cc1ccc(O)cc1)c1ccc(-c2ccccc2)cc1. The average Bonchev–Trinajstić information content (AvgIpc) is 2.70. The standard InChI is InChI=1S/C22H21NO3/c24-15-20(14-16-6-12-21(25)13-7-16)23-22(26)19-10-8-18(9-11-19)17-4-2-1-3-5-17/h1-13,20,24-25H,14-15H2,(H,23,26)/t20-/m0/s1. The van der Waals surface area contributed by atoms with Crippen molar-refractivity contribution < 1.29 is 15.0 Å². The number of aliphatic hydroxyl groups is 1. The second-order valence-corrected chi connectivity index (χ2v) is 6.17. The van der Waals surface area contributed by atoms with Gasteiger partial charge in [0.1, 0.15) is 5.75 Å². The number of amides is 1. The fraction of sp³-hybridized carbons (Fsp3) is 0.136. The van der Waals surface area contributed by atoms with Gasteiger partial charge in [0.2, 0.25) is 0 Å². The van der Waals surface area contributed by atoms with Crippen LogP contribution >= 0.6 is 0 Å². The lowest BCUT2D eigenvalue weighted by molar-refractivity contribution is 0.0916. The lowest BCUT2D eigenvalue weighted by atomic mass is 10.0. The molecule has 4 heteroatoms. The minimum Gasteiger partial charge on any atom is -0.508 e. The Bertz CT molecular complexity index is 843. The third-order valence-electron chi connectivity index (χ3n) is 4.23. The molecule has 1 amide bonds. The molecule has 0 aromatic heterocycles. The molecule has 0 radical (unpaired) electrons. The van der Waals surface area contributed by atoms with Gasteiger partial charge in [-0.3, -0.25) is 4.79 Å². The van der Waals surface area contributed by atoms with Crippen LogP contribution < -0.4 is 5.32 Å². The minimum atomic E-state index is -0.388. The Morgan fingerprint density at radius 1 is 0.846 bits per heavy atom. The summed E-state index contributed by atoms with van der Waals surface area (Å²) >= 11 is 0. The average molecular weight is 347 g/mol. The molecule has 26 heavy (non-hydrogen) atoms. The van der Waals surface area contributed by atoms with Crippen molar-refractivity contribution in [1.29, 1.82) is 0 Å². The molecule has 3 aromatic rings. The van der Waals surface area contributed by atoms with Crippen molar-refractivity contribution in [3.8, 4) is 16.9 Å². The number of rotatable bonds is 6. The number of carbonyl (C=O) groups is 1. The number of carbonyl (C=O) groups excluding carboxylic acids is 1. The van der Waals surface area contributed by atoms with E-state index in [0.29, 0.717) is 12.0 Å². The highest BCUT2D eigenvalue weighted by atomic mass is 16.3. The number of hydrogen-bond donors (Lipinski definition) is 3. The van der Waals surface area contributed by atoms with E-state index >= 15 is 0 Å². The zero-order chi connectivity index (χ0) is 18.4. The van der Waals surface area contributed by atoms with Crippen molar-refractivity contribution in [2.45, 2.75) is 12.5 Å². The number of hydrogen-bond acceptors (Lipinski definition) is 3. The van der Waals surface area contributed by atoms with Gasteiger partial charge in [-0.05, 0) is 47.4 Å². The Morgan fingerprint density at radius 2 is 1.46 bits per heavy atom. The number of phenols is 1. The maximum Gasteiger partial charge on any atom is 0.251 e. The predicted octanol–water partition coefficient (Wildman–Crippen LogP) is 3.39. The van der Waals surface area contributed by atoms with Gasteiger partial charge in [0, 0.05) is 5.56 Å². The van der Waals surface area contributed by atoms with Crippen LogP contribution in [0.4, 0.5) is 0 Å². The smallest absolute Gasteiger partial charge is 0.251 e. The van der Waals surface area contributed by atoms with Crippen LogP contribution in [0, 0.1) is 0 Å². The monoisotopic (exact) mass is 347 g/mol. The summed E-state index contributed by atoms with van der Waals surface area (Å²) in [6.07, 6.45) is 0.491. The molecule has 4 nitrogen and oxygen atoms in total. The maximum atomic E-state index is 12.4.